The lowest BCUT2D eigenvalue weighted by molar-refractivity contribution is 0.789. The second-order valence-corrected chi connectivity index (χ2v) is 3.28. The molecule has 5 nitrogen and oxygen atoms in total. The second kappa shape index (κ2) is 4.08. The van der Waals surface area contributed by atoms with Crippen LogP contribution >= 0.6 is 0 Å². The maximum atomic E-state index is 3.93. The van der Waals surface area contributed by atoms with Crippen molar-refractivity contribution in [2.45, 2.75) is 13.8 Å². The summed E-state index contributed by atoms with van der Waals surface area (Å²) in [7, 11) is 0. The summed E-state index contributed by atoms with van der Waals surface area (Å²) < 4.78 is 1.68. The van der Waals surface area contributed by atoms with Gasteiger partial charge >= 0.3 is 0 Å². The van der Waals surface area contributed by atoms with E-state index in [1.165, 1.54) is 5.56 Å². The minimum absolute atomic E-state index is 0.668. The van der Waals surface area contributed by atoms with Gasteiger partial charge in [-0.1, -0.05) is 22.8 Å². The Morgan fingerprint density at radius 2 is 2.00 bits per heavy atom. The summed E-state index contributed by atoms with van der Waals surface area (Å²) in [6.07, 6.45) is 0. The van der Waals surface area contributed by atoms with Crippen LogP contribution in [0.15, 0.2) is 24.3 Å². The maximum Gasteiger partial charge on any atom is 0.247 e. The minimum atomic E-state index is 0.668. The summed E-state index contributed by atoms with van der Waals surface area (Å²) >= 11 is 0. The standard InChI is InChI=1S/C10H13N5/c1-3-11-10-12-13-14-15(10)9-6-4-8(2)5-7-9/h4-7H,3H2,1-2H3,(H,11,12,14). The fourth-order valence-corrected chi connectivity index (χ4v) is 1.32. The lowest BCUT2D eigenvalue weighted by Gasteiger charge is -2.04. The Morgan fingerprint density at radius 1 is 1.27 bits per heavy atom. The molecule has 1 aromatic carbocycles. The van der Waals surface area contributed by atoms with Crippen molar-refractivity contribution in [1.82, 2.24) is 20.2 Å². The molecule has 0 aliphatic heterocycles. The highest BCUT2D eigenvalue weighted by Crippen LogP contribution is 2.11. The molecule has 2 rings (SSSR count). The molecule has 0 fully saturated rings. The fourth-order valence-electron chi connectivity index (χ4n) is 1.32. The van der Waals surface area contributed by atoms with Crippen LogP contribution in [0.1, 0.15) is 12.5 Å². The molecule has 78 valence electrons. The predicted octanol–water partition coefficient (Wildman–Crippen LogP) is 1.40. The maximum absolute atomic E-state index is 3.93. The second-order valence-electron chi connectivity index (χ2n) is 3.28. The van der Waals surface area contributed by atoms with E-state index in [2.05, 4.69) is 27.8 Å². The first-order chi connectivity index (χ1) is 7.31. The van der Waals surface area contributed by atoms with Gasteiger partial charge in [0.15, 0.2) is 0 Å². The molecule has 0 saturated heterocycles. The summed E-state index contributed by atoms with van der Waals surface area (Å²) in [5, 5.41) is 14.6. The number of hydrogen-bond acceptors (Lipinski definition) is 4. The third kappa shape index (κ3) is 1.96. The van der Waals surface area contributed by atoms with Gasteiger partial charge in [-0.15, -0.1) is 0 Å². The topological polar surface area (TPSA) is 55.6 Å². The van der Waals surface area contributed by atoms with Crippen molar-refractivity contribution >= 4 is 5.95 Å². The molecule has 15 heavy (non-hydrogen) atoms. The largest absolute Gasteiger partial charge is 0.353 e. The van der Waals surface area contributed by atoms with Crippen LogP contribution in [0.2, 0.25) is 0 Å². The third-order valence-electron chi connectivity index (χ3n) is 2.08. The molecule has 0 spiro atoms. The van der Waals surface area contributed by atoms with Crippen LogP contribution in [0.3, 0.4) is 0 Å². The average Bonchev–Trinajstić information content (AvgIpc) is 2.68. The summed E-state index contributed by atoms with van der Waals surface area (Å²) in [5.74, 6) is 0.668. The summed E-state index contributed by atoms with van der Waals surface area (Å²) in [6.45, 7) is 4.86. The lowest BCUT2D eigenvalue weighted by Crippen LogP contribution is -2.06. The van der Waals surface area contributed by atoms with Gasteiger partial charge < -0.3 is 5.32 Å². The Balaban J connectivity index is 2.36. The summed E-state index contributed by atoms with van der Waals surface area (Å²) in [6, 6.07) is 8.05. The van der Waals surface area contributed by atoms with Gasteiger partial charge in [0.1, 0.15) is 0 Å². The minimum Gasteiger partial charge on any atom is -0.353 e. The van der Waals surface area contributed by atoms with Gasteiger partial charge in [0.25, 0.3) is 0 Å². The van der Waals surface area contributed by atoms with Crippen molar-refractivity contribution in [2.24, 2.45) is 0 Å². The lowest BCUT2D eigenvalue weighted by atomic mass is 10.2. The van der Waals surface area contributed by atoms with E-state index in [1.54, 1.807) is 4.68 Å². The molecule has 0 aliphatic rings. The van der Waals surface area contributed by atoms with Crippen LogP contribution in [-0.2, 0) is 0 Å². The van der Waals surface area contributed by atoms with E-state index in [9.17, 15) is 0 Å². The van der Waals surface area contributed by atoms with Gasteiger partial charge in [0, 0.05) is 6.54 Å². The number of benzene rings is 1. The molecule has 0 atom stereocenters. The fraction of sp³-hybridized carbons (Fsp3) is 0.300. The van der Waals surface area contributed by atoms with E-state index in [-0.39, 0.29) is 0 Å². The van der Waals surface area contributed by atoms with Crippen molar-refractivity contribution in [1.29, 1.82) is 0 Å². The SMILES string of the molecule is CCNc1nnnn1-c1ccc(C)cc1. The number of tetrazole rings is 1. The van der Waals surface area contributed by atoms with Gasteiger partial charge in [-0.2, -0.15) is 4.68 Å². The zero-order valence-corrected chi connectivity index (χ0v) is 8.81. The Hall–Kier alpha value is -1.91. The molecule has 1 N–H and O–H groups in total. The number of aromatic nitrogens is 4. The van der Waals surface area contributed by atoms with E-state index in [0.29, 0.717) is 5.95 Å². The van der Waals surface area contributed by atoms with Crippen molar-refractivity contribution in [2.75, 3.05) is 11.9 Å². The molecular formula is C10H13N5. The number of nitrogens with zero attached hydrogens (tertiary/aromatic N) is 4. The molecule has 1 aromatic heterocycles. The van der Waals surface area contributed by atoms with E-state index in [0.717, 1.165) is 12.2 Å². The molecule has 0 amide bonds. The normalized spacial score (nSPS) is 10.3. The Bertz CT molecular complexity index is 431. The first-order valence-corrected chi connectivity index (χ1v) is 4.90. The highest BCUT2D eigenvalue weighted by atomic mass is 15.6. The van der Waals surface area contributed by atoms with E-state index < -0.39 is 0 Å². The molecule has 0 radical (unpaired) electrons. The van der Waals surface area contributed by atoms with Crippen LogP contribution in [0.4, 0.5) is 5.95 Å². The van der Waals surface area contributed by atoms with Crippen molar-refractivity contribution < 1.29 is 0 Å². The highest BCUT2D eigenvalue weighted by Gasteiger charge is 2.05. The van der Waals surface area contributed by atoms with Gasteiger partial charge in [-0.25, -0.2) is 0 Å². The first-order valence-electron chi connectivity index (χ1n) is 4.90. The Labute approximate surface area is 88.1 Å². The average molecular weight is 203 g/mol. The summed E-state index contributed by atoms with van der Waals surface area (Å²) in [4.78, 5) is 0. The number of aryl methyl sites for hydroxylation is 1. The van der Waals surface area contributed by atoms with Crippen molar-refractivity contribution in [3.8, 4) is 5.69 Å². The third-order valence-corrected chi connectivity index (χ3v) is 2.08. The zero-order chi connectivity index (χ0) is 10.7. The van der Waals surface area contributed by atoms with Crippen LogP contribution in [0.5, 0.6) is 0 Å². The number of hydrogen-bond donors (Lipinski definition) is 1. The van der Waals surface area contributed by atoms with Gasteiger partial charge in [0.2, 0.25) is 5.95 Å². The quantitative estimate of drug-likeness (QED) is 0.819. The van der Waals surface area contributed by atoms with Crippen LogP contribution in [0, 0.1) is 6.92 Å². The Kier molecular flexibility index (Phi) is 2.62. The highest BCUT2D eigenvalue weighted by molar-refractivity contribution is 5.39. The van der Waals surface area contributed by atoms with Crippen molar-refractivity contribution in [3.63, 3.8) is 0 Å². The molecule has 0 unspecified atom stereocenters. The van der Waals surface area contributed by atoms with Gasteiger partial charge in [-0.3, -0.25) is 0 Å². The van der Waals surface area contributed by atoms with E-state index >= 15 is 0 Å². The van der Waals surface area contributed by atoms with Crippen molar-refractivity contribution in [3.05, 3.63) is 29.8 Å². The predicted molar refractivity (Wildman–Crippen MR) is 58.1 cm³/mol. The van der Waals surface area contributed by atoms with Crippen LogP contribution in [0.25, 0.3) is 5.69 Å². The monoisotopic (exact) mass is 203 g/mol. The van der Waals surface area contributed by atoms with Crippen LogP contribution in [-0.4, -0.2) is 26.8 Å². The molecule has 0 saturated carbocycles. The zero-order valence-electron chi connectivity index (χ0n) is 8.81. The molecule has 5 heteroatoms. The molecule has 0 aliphatic carbocycles. The smallest absolute Gasteiger partial charge is 0.247 e. The first kappa shape index (κ1) is 9.64. The van der Waals surface area contributed by atoms with Gasteiger partial charge in [0.05, 0.1) is 5.69 Å². The van der Waals surface area contributed by atoms with E-state index in [4.69, 9.17) is 0 Å². The molecule has 0 bridgehead atoms. The number of anilines is 1. The number of nitrogens with one attached hydrogen (secondary N) is 1. The van der Waals surface area contributed by atoms with Crippen LogP contribution < -0.4 is 5.32 Å². The van der Waals surface area contributed by atoms with E-state index in [1.807, 2.05) is 31.2 Å². The Morgan fingerprint density at radius 3 is 2.67 bits per heavy atom. The summed E-state index contributed by atoms with van der Waals surface area (Å²) in [5.41, 5.74) is 2.18. The molecule has 2 aromatic rings. The number of rotatable bonds is 3. The molecule has 1 heterocycles. The molecular weight excluding hydrogens is 190 g/mol. The van der Waals surface area contributed by atoms with Gasteiger partial charge in [-0.05, 0) is 36.4 Å².